The summed E-state index contributed by atoms with van der Waals surface area (Å²) in [5.74, 6) is -0.664. The molecule has 3 aromatic rings. The summed E-state index contributed by atoms with van der Waals surface area (Å²) in [6.07, 6.45) is 1.44. The number of carbonyl (C=O) groups excluding carboxylic acids is 1. The molecule has 27 heavy (non-hydrogen) atoms. The van der Waals surface area contributed by atoms with Crippen molar-refractivity contribution in [2.45, 2.75) is 13.5 Å². The molecule has 8 heteroatoms. The van der Waals surface area contributed by atoms with Crippen molar-refractivity contribution < 1.29 is 14.1 Å². The van der Waals surface area contributed by atoms with E-state index < -0.39 is 4.92 Å². The minimum atomic E-state index is -0.467. The minimum Gasteiger partial charge on any atom is -0.337 e. The third-order valence-corrected chi connectivity index (χ3v) is 4.25. The van der Waals surface area contributed by atoms with Gasteiger partial charge in [-0.2, -0.15) is 5.10 Å². The second-order valence-corrected chi connectivity index (χ2v) is 6.08. The van der Waals surface area contributed by atoms with Crippen LogP contribution in [0.3, 0.4) is 0 Å². The molecule has 1 heterocycles. The van der Waals surface area contributed by atoms with Gasteiger partial charge in [0.05, 0.1) is 34.6 Å². The molecule has 0 aliphatic carbocycles. The lowest BCUT2D eigenvalue weighted by molar-refractivity contribution is -0.385. The number of rotatable bonds is 5. The van der Waals surface area contributed by atoms with Gasteiger partial charge in [-0.15, -0.1) is 0 Å². The summed E-state index contributed by atoms with van der Waals surface area (Å²) in [6, 6.07) is 12.1. The minimum absolute atomic E-state index is 0.0316. The first kappa shape index (κ1) is 18.2. The van der Waals surface area contributed by atoms with Gasteiger partial charge in [0.25, 0.3) is 11.6 Å². The van der Waals surface area contributed by atoms with E-state index in [1.54, 1.807) is 49.0 Å². The number of nitro groups is 1. The van der Waals surface area contributed by atoms with E-state index in [9.17, 15) is 19.3 Å². The second-order valence-electron chi connectivity index (χ2n) is 6.08. The Labute approximate surface area is 154 Å². The number of benzene rings is 2. The average molecular weight is 368 g/mol. The van der Waals surface area contributed by atoms with Gasteiger partial charge >= 0.3 is 0 Å². The molecule has 7 nitrogen and oxygen atoms in total. The highest BCUT2D eigenvalue weighted by atomic mass is 19.1. The molecule has 0 saturated carbocycles. The van der Waals surface area contributed by atoms with E-state index in [1.807, 2.05) is 0 Å². The van der Waals surface area contributed by atoms with Gasteiger partial charge in [0.15, 0.2) is 0 Å². The number of amides is 1. The van der Waals surface area contributed by atoms with Crippen LogP contribution in [0.15, 0.2) is 54.7 Å². The second kappa shape index (κ2) is 7.36. The Kier molecular flexibility index (Phi) is 4.98. The Morgan fingerprint density at radius 2 is 1.89 bits per heavy atom. The number of carbonyl (C=O) groups is 1. The lowest BCUT2D eigenvalue weighted by atomic mass is 10.1. The maximum Gasteiger partial charge on any atom is 0.274 e. The Hall–Kier alpha value is -3.55. The monoisotopic (exact) mass is 368 g/mol. The van der Waals surface area contributed by atoms with Gasteiger partial charge in [-0.3, -0.25) is 14.9 Å². The molecule has 0 N–H and O–H groups in total. The zero-order valence-electron chi connectivity index (χ0n) is 14.8. The van der Waals surface area contributed by atoms with Crippen LogP contribution in [-0.2, 0) is 6.54 Å². The van der Waals surface area contributed by atoms with Crippen molar-refractivity contribution in [1.29, 1.82) is 0 Å². The summed E-state index contributed by atoms with van der Waals surface area (Å²) in [5, 5.41) is 15.4. The number of hydrogen-bond acceptors (Lipinski definition) is 4. The van der Waals surface area contributed by atoms with E-state index in [0.29, 0.717) is 22.5 Å². The number of nitro benzene ring substituents is 1. The fraction of sp³-hybridized carbons (Fsp3) is 0.158. The normalized spacial score (nSPS) is 10.6. The lowest BCUT2D eigenvalue weighted by Crippen LogP contribution is -2.27. The van der Waals surface area contributed by atoms with E-state index in [-0.39, 0.29) is 24.0 Å². The van der Waals surface area contributed by atoms with Crippen LogP contribution in [0.5, 0.6) is 0 Å². The molecule has 0 radical (unpaired) electrons. The van der Waals surface area contributed by atoms with Crippen LogP contribution < -0.4 is 0 Å². The van der Waals surface area contributed by atoms with Crippen LogP contribution >= 0.6 is 0 Å². The van der Waals surface area contributed by atoms with Crippen LogP contribution in [0.2, 0.25) is 0 Å². The van der Waals surface area contributed by atoms with Gasteiger partial charge in [-0.05, 0) is 31.2 Å². The summed E-state index contributed by atoms with van der Waals surface area (Å²) in [5.41, 5.74) is 2.02. The van der Waals surface area contributed by atoms with Crippen molar-refractivity contribution in [3.8, 4) is 5.69 Å². The fourth-order valence-corrected chi connectivity index (χ4v) is 2.82. The highest BCUT2D eigenvalue weighted by Gasteiger charge is 2.21. The molecule has 2 aromatic carbocycles. The van der Waals surface area contributed by atoms with Crippen molar-refractivity contribution in [2.24, 2.45) is 0 Å². The smallest absolute Gasteiger partial charge is 0.274 e. The van der Waals surface area contributed by atoms with E-state index in [1.165, 1.54) is 29.3 Å². The molecule has 0 unspecified atom stereocenters. The van der Waals surface area contributed by atoms with Crippen molar-refractivity contribution >= 4 is 11.6 Å². The van der Waals surface area contributed by atoms with Crippen LogP contribution in [-0.4, -0.2) is 32.6 Å². The van der Waals surface area contributed by atoms with E-state index >= 15 is 0 Å². The molecular formula is C19H17FN4O3. The Morgan fingerprint density at radius 1 is 1.22 bits per heavy atom. The highest BCUT2D eigenvalue weighted by Crippen LogP contribution is 2.21. The quantitative estimate of drug-likeness (QED) is 0.510. The molecule has 0 spiro atoms. The molecular weight excluding hydrogens is 351 g/mol. The van der Waals surface area contributed by atoms with Gasteiger partial charge < -0.3 is 4.90 Å². The number of nitrogens with zero attached hydrogens (tertiary/aromatic N) is 4. The van der Waals surface area contributed by atoms with Crippen LogP contribution in [0.25, 0.3) is 5.69 Å². The molecule has 3 rings (SSSR count). The molecule has 0 saturated heterocycles. The number of para-hydroxylation sites is 1. The van der Waals surface area contributed by atoms with E-state index in [0.717, 1.165) is 0 Å². The summed E-state index contributed by atoms with van der Waals surface area (Å²) in [6.45, 7) is 1.83. The predicted octanol–water partition coefficient (Wildman–Crippen LogP) is 3.50. The maximum absolute atomic E-state index is 13.1. The van der Waals surface area contributed by atoms with Crippen LogP contribution in [0.1, 0.15) is 21.6 Å². The first-order chi connectivity index (χ1) is 12.9. The first-order valence-corrected chi connectivity index (χ1v) is 8.17. The van der Waals surface area contributed by atoms with Crippen LogP contribution in [0, 0.1) is 22.9 Å². The molecule has 0 aliphatic heterocycles. The van der Waals surface area contributed by atoms with Gasteiger partial charge in [0, 0.05) is 18.7 Å². The summed E-state index contributed by atoms with van der Waals surface area (Å²) >= 11 is 0. The van der Waals surface area contributed by atoms with Gasteiger partial charge in [-0.25, -0.2) is 9.07 Å². The van der Waals surface area contributed by atoms with E-state index in [4.69, 9.17) is 0 Å². The number of halogens is 1. The topological polar surface area (TPSA) is 81.3 Å². The zero-order valence-corrected chi connectivity index (χ0v) is 14.8. The maximum atomic E-state index is 13.1. The fourth-order valence-electron chi connectivity index (χ4n) is 2.82. The standard InChI is InChI=1S/C19H17FN4O3/c1-13-17(11-21-23(13)16-9-7-15(20)8-10-16)19(25)22(2)12-14-5-3-4-6-18(14)24(26)27/h3-11H,12H2,1-2H3. The molecule has 1 amide bonds. The number of aromatic nitrogens is 2. The van der Waals surface area contributed by atoms with Crippen molar-refractivity contribution in [2.75, 3.05) is 7.05 Å². The zero-order chi connectivity index (χ0) is 19.6. The molecule has 0 fully saturated rings. The SMILES string of the molecule is Cc1c(C(=O)N(C)Cc2ccccc2[N+](=O)[O-])cnn1-c1ccc(F)cc1. The van der Waals surface area contributed by atoms with Crippen LogP contribution in [0.4, 0.5) is 10.1 Å². The molecule has 0 aliphatic rings. The summed E-state index contributed by atoms with van der Waals surface area (Å²) in [7, 11) is 1.58. The number of hydrogen-bond donors (Lipinski definition) is 0. The van der Waals surface area contributed by atoms with Gasteiger partial charge in [-0.1, -0.05) is 18.2 Å². The Morgan fingerprint density at radius 3 is 2.56 bits per heavy atom. The first-order valence-electron chi connectivity index (χ1n) is 8.17. The molecule has 1 aromatic heterocycles. The predicted molar refractivity (Wildman–Crippen MR) is 97.2 cm³/mol. The third-order valence-electron chi connectivity index (χ3n) is 4.25. The highest BCUT2D eigenvalue weighted by molar-refractivity contribution is 5.95. The Bertz CT molecular complexity index is 998. The largest absolute Gasteiger partial charge is 0.337 e. The van der Waals surface area contributed by atoms with Crippen molar-refractivity contribution in [1.82, 2.24) is 14.7 Å². The van der Waals surface area contributed by atoms with E-state index in [2.05, 4.69) is 5.10 Å². The molecule has 138 valence electrons. The van der Waals surface area contributed by atoms with Gasteiger partial charge in [0.1, 0.15) is 5.82 Å². The lowest BCUT2D eigenvalue weighted by Gasteiger charge is -2.17. The summed E-state index contributed by atoms with van der Waals surface area (Å²) in [4.78, 5) is 24.9. The summed E-state index contributed by atoms with van der Waals surface area (Å²) < 4.78 is 14.6. The third kappa shape index (κ3) is 3.69. The Balaban J connectivity index is 1.84. The average Bonchev–Trinajstić information content (AvgIpc) is 3.03. The van der Waals surface area contributed by atoms with Crippen molar-refractivity contribution in [3.63, 3.8) is 0 Å². The molecule has 0 bridgehead atoms. The molecule has 0 atom stereocenters. The van der Waals surface area contributed by atoms with Crippen molar-refractivity contribution in [3.05, 3.63) is 87.5 Å². The van der Waals surface area contributed by atoms with Gasteiger partial charge in [0.2, 0.25) is 0 Å².